The molecule has 0 aliphatic carbocycles. The van der Waals surface area contributed by atoms with Crippen LogP contribution >= 0.6 is 0 Å². The van der Waals surface area contributed by atoms with Crippen molar-refractivity contribution in [2.75, 3.05) is 32.1 Å². The SMILES string of the molecule is CN=C(NCCCN(C)c1cccc(F)c1)NCc1cc(C(C)C)no1. The van der Waals surface area contributed by atoms with E-state index in [0.717, 1.165) is 36.7 Å². The Balaban J connectivity index is 1.70. The van der Waals surface area contributed by atoms with E-state index in [4.69, 9.17) is 4.52 Å². The lowest BCUT2D eigenvalue weighted by atomic mass is 10.1. The number of hydrogen-bond donors (Lipinski definition) is 2. The molecule has 26 heavy (non-hydrogen) atoms. The summed E-state index contributed by atoms with van der Waals surface area (Å²) in [7, 11) is 3.69. The lowest BCUT2D eigenvalue weighted by Crippen LogP contribution is -2.38. The van der Waals surface area contributed by atoms with Crippen LogP contribution in [0.25, 0.3) is 0 Å². The predicted octanol–water partition coefficient (Wildman–Crippen LogP) is 3.13. The molecule has 0 radical (unpaired) electrons. The summed E-state index contributed by atoms with van der Waals surface area (Å²) in [6.45, 7) is 6.26. The number of aromatic nitrogens is 1. The van der Waals surface area contributed by atoms with Gasteiger partial charge in [-0.2, -0.15) is 0 Å². The Kier molecular flexibility index (Phi) is 7.44. The van der Waals surface area contributed by atoms with Gasteiger partial charge in [-0.25, -0.2) is 4.39 Å². The highest BCUT2D eigenvalue weighted by atomic mass is 19.1. The van der Waals surface area contributed by atoms with Crippen LogP contribution in [-0.2, 0) is 6.54 Å². The number of guanidine groups is 1. The number of rotatable bonds is 8. The van der Waals surface area contributed by atoms with E-state index in [-0.39, 0.29) is 5.82 Å². The minimum absolute atomic E-state index is 0.217. The van der Waals surface area contributed by atoms with E-state index < -0.39 is 0 Å². The lowest BCUT2D eigenvalue weighted by molar-refractivity contribution is 0.372. The van der Waals surface area contributed by atoms with Crippen LogP contribution in [0.3, 0.4) is 0 Å². The fourth-order valence-corrected chi connectivity index (χ4v) is 2.44. The predicted molar refractivity (Wildman–Crippen MR) is 103 cm³/mol. The molecule has 0 amide bonds. The smallest absolute Gasteiger partial charge is 0.191 e. The highest BCUT2D eigenvalue weighted by Gasteiger charge is 2.08. The molecule has 6 nitrogen and oxygen atoms in total. The van der Waals surface area contributed by atoms with Crippen molar-refractivity contribution in [2.45, 2.75) is 32.7 Å². The van der Waals surface area contributed by atoms with Gasteiger partial charge in [-0.15, -0.1) is 0 Å². The monoisotopic (exact) mass is 361 g/mol. The molecule has 0 saturated carbocycles. The largest absolute Gasteiger partial charge is 0.374 e. The molecule has 2 rings (SSSR count). The van der Waals surface area contributed by atoms with Crippen molar-refractivity contribution < 1.29 is 8.91 Å². The van der Waals surface area contributed by atoms with E-state index in [0.29, 0.717) is 18.4 Å². The average molecular weight is 361 g/mol. The van der Waals surface area contributed by atoms with Crippen molar-refractivity contribution in [3.63, 3.8) is 0 Å². The third-order valence-electron chi connectivity index (χ3n) is 4.03. The summed E-state index contributed by atoms with van der Waals surface area (Å²) in [5, 5.41) is 10.5. The van der Waals surface area contributed by atoms with Crippen molar-refractivity contribution in [1.29, 1.82) is 0 Å². The van der Waals surface area contributed by atoms with Gasteiger partial charge in [0.25, 0.3) is 0 Å². The first-order valence-electron chi connectivity index (χ1n) is 8.86. The zero-order valence-electron chi connectivity index (χ0n) is 15.9. The van der Waals surface area contributed by atoms with Gasteiger partial charge in [-0.3, -0.25) is 4.99 Å². The van der Waals surface area contributed by atoms with Crippen molar-refractivity contribution in [1.82, 2.24) is 15.8 Å². The van der Waals surface area contributed by atoms with Crippen LogP contribution < -0.4 is 15.5 Å². The molecule has 142 valence electrons. The zero-order valence-corrected chi connectivity index (χ0v) is 15.9. The Morgan fingerprint density at radius 2 is 2.12 bits per heavy atom. The number of nitrogens with zero attached hydrogens (tertiary/aromatic N) is 3. The number of halogens is 1. The van der Waals surface area contributed by atoms with Gasteiger partial charge in [-0.1, -0.05) is 25.1 Å². The molecule has 0 atom stereocenters. The van der Waals surface area contributed by atoms with Crippen molar-refractivity contribution >= 4 is 11.6 Å². The van der Waals surface area contributed by atoms with E-state index in [1.54, 1.807) is 13.1 Å². The van der Waals surface area contributed by atoms with Gasteiger partial charge in [0, 0.05) is 38.9 Å². The quantitative estimate of drug-likeness (QED) is 0.430. The maximum atomic E-state index is 13.3. The molecule has 1 aromatic heterocycles. The highest BCUT2D eigenvalue weighted by Crippen LogP contribution is 2.14. The number of nitrogens with one attached hydrogen (secondary N) is 2. The van der Waals surface area contributed by atoms with E-state index in [1.165, 1.54) is 12.1 Å². The van der Waals surface area contributed by atoms with Crippen LogP contribution in [0.2, 0.25) is 0 Å². The molecule has 0 spiro atoms. The Labute approximate surface area is 154 Å². The van der Waals surface area contributed by atoms with Gasteiger partial charge in [0.1, 0.15) is 5.82 Å². The molecule has 2 N–H and O–H groups in total. The molecule has 0 unspecified atom stereocenters. The maximum absolute atomic E-state index is 13.3. The Morgan fingerprint density at radius 3 is 2.77 bits per heavy atom. The first-order valence-corrected chi connectivity index (χ1v) is 8.86. The highest BCUT2D eigenvalue weighted by molar-refractivity contribution is 5.79. The molecule has 0 fully saturated rings. The van der Waals surface area contributed by atoms with Crippen molar-refractivity contribution in [2.24, 2.45) is 4.99 Å². The standard InChI is InChI=1S/C19H28FN5O/c1-14(2)18-12-17(26-24-18)13-23-19(21-3)22-9-6-10-25(4)16-8-5-7-15(20)11-16/h5,7-8,11-12,14H,6,9-10,13H2,1-4H3,(H2,21,22,23). The van der Waals surface area contributed by atoms with Crippen LogP contribution in [0.5, 0.6) is 0 Å². The van der Waals surface area contributed by atoms with E-state index in [2.05, 4.69) is 34.6 Å². The second-order valence-electron chi connectivity index (χ2n) is 6.48. The fourth-order valence-electron chi connectivity index (χ4n) is 2.44. The van der Waals surface area contributed by atoms with Crippen LogP contribution in [-0.4, -0.2) is 38.3 Å². The van der Waals surface area contributed by atoms with Crippen molar-refractivity contribution in [3.8, 4) is 0 Å². The molecule has 2 aromatic rings. The van der Waals surface area contributed by atoms with Gasteiger partial charge in [-0.05, 0) is 30.5 Å². The maximum Gasteiger partial charge on any atom is 0.191 e. The Bertz CT molecular complexity index is 713. The van der Waals surface area contributed by atoms with Gasteiger partial charge >= 0.3 is 0 Å². The van der Waals surface area contributed by atoms with Crippen LogP contribution in [0, 0.1) is 5.82 Å². The van der Waals surface area contributed by atoms with Gasteiger partial charge in [0.2, 0.25) is 0 Å². The van der Waals surface area contributed by atoms with Gasteiger partial charge in [0.05, 0.1) is 12.2 Å². The molecular formula is C19H28FN5O. The topological polar surface area (TPSA) is 65.7 Å². The second-order valence-corrected chi connectivity index (χ2v) is 6.48. The van der Waals surface area contributed by atoms with Crippen LogP contribution in [0.1, 0.15) is 37.6 Å². The number of benzene rings is 1. The average Bonchev–Trinajstić information content (AvgIpc) is 3.10. The van der Waals surface area contributed by atoms with Gasteiger partial charge in [0.15, 0.2) is 11.7 Å². The zero-order chi connectivity index (χ0) is 18.9. The third-order valence-corrected chi connectivity index (χ3v) is 4.03. The molecule has 0 aliphatic rings. The minimum atomic E-state index is -0.217. The fraction of sp³-hybridized carbons (Fsp3) is 0.474. The summed E-state index contributed by atoms with van der Waals surface area (Å²) < 4.78 is 18.6. The molecule has 0 aliphatic heterocycles. The molecule has 0 saturated heterocycles. The van der Waals surface area contributed by atoms with Crippen molar-refractivity contribution in [3.05, 3.63) is 47.6 Å². The van der Waals surface area contributed by atoms with Crippen LogP contribution in [0.15, 0.2) is 39.8 Å². The van der Waals surface area contributed by atoms with E-state index in [9.17, 15) is 4.39 Å². The number of anilines is 1. The molecule has 1 heterocycles. The first kappa shape index (κ1) is 19.8. The summed E-state index contributed by atoms with van der Waals surface area (Å²) in [4.78, 5) is 6.23. The summed E-state index contributed by atoms with van der Waals surface area (Å²) in [5.74, 6) is 1.62. The molecular weight excluding hydrogens is 333 g/mol. The normalized spacial score (nSPS) is 11.7. The Hall–Kier alpha value is -2.57. The lowest BCUT2D eigenvalue weighted by Gasteiger charge is -2.19. The Morgan fingerprint density at radius 1 is 1.31 bits per heavy atom. The van der Waals surface area contributed by atoms with Gasteiger partial charge < -0.3 is 20.1 Å². The molecule has 7 heteroatoms. The van der Waals surface area contributed by atoms with E-state index >= 15 is 0 Å². The summed E-state index contributed by atoms with van der Waals surface area (Å²) >= 11 is 0. The van der Waals surface area contributed by atoms with E-state index in [1.807, 2.05) is 24.1 Å². The summed E-state index contributed by atoms with van der Waals surface area (Å²) in [5.41, 5.74) is 1.82. The molecule has 0 bridgehead atoms. The third kappa shape index (κ3) is 6.06. The minimum Gasteiger partial charge on any atom is -0.374 e. The number of hydrogen-bond acceptors (Lipinski definition) is 4. The summed E-state index contributed by atoms with van der Waals surface area (Å²) in [6.07, 6.45) is 0.896. The molecule has 1 aromatic carbocycles. The number of aliphatic imine (C=N–C) groups is 1. The first-order chi connectivity index (χ1) is 12.5. The second kappa shape index (κ2) is 9.79. The van der Waals surface area contributed by atoms with Crippen LogP contribution in [0.4, 0.5) is 10.1 Å². The summed E-state index contributed by atoms with van der Waals surface area (Å²) in [6, 6.07) is 8.57.